The normalized spacial score (nSPS) is 39.2. The highest BCUT2D eigenvalue weighted by Crippen LogP contribution is 2.54. The number of H-pyrrole nitrogens is 1. The van der Waals surface area contributed by atoms with Gasteiger partial charge in [0.1, 0.15) is 6.10 Å². The monoisotopic (exact) mass is 296 g/mol. The summed E-state index contributed by atoms with van der Waals surface area (Å²) in [6.45, 7) is 1.58. The molecule has 2 fully saturated rings. The van der Waals surface area contributed by atoms with Crippen LogP contribution in [0.15, 0.2) is 15.8 Å². The van der Waals surface area contributed by atoms with Crippen molar-refractivity contribution in [2.45, 2.75) is 57.0 Å². The first-order chi connectivity index (χ1) is 9.86. The minimum absolute atomic E-state index is 0.321. The average molecular weight is 296 g/mol. The predicted octanol–water partition coefficient (Wildman–Crippen LogP) is -0.957. The Labute approximate surface area is 120 Å². The standard InChI is InChI=1S/C14H20N2O5/c1-7-6-16(13(21)15-12(7)20)8-5-14(11(19)10(8)18)4-2-3-9(14)17/h6,8-11,17-19H,2-5H2,1H3,(H,15,20,21)/t8-,9-,10+,11+,14-/m1/s1. The molecule has 116 valence electrons. The average Bonchev–Trinajstić information content (AvgIpc) is 2.91. The van der Waals surface area contributed by atoms with E-state index in [-0.39, 0.29) is 0 Å². The molecule has 21 heavy (non-hydrogen) atoms. The molecule has 2 saturated carbocycles. The van der Waals surface area contributed by atoms with Gasteiger partial charge in [-0.3, -0.25) is 14.3 Å². The Morgan fingerprint density at radius 3 is 2.67 bits per heavy atom. The molecule has 1 spiro atoms. The van der Waals surface area contributed by atoms with Gasteiger partial charge >= 0.3 is 5.69 Å². The third-order valence-electron chi connectivity index (χ3n) is 5.18. The first kappa shape index (κ1) is 14.5. The van der Waals surface area contributed by atoms with E-state index in [1.165, 1.54) is 10.8 Å². The lowest BCUT2D eigenvalue weighted by molar-refractivity contribution is -0.0695. The molecular weight excluding hydrogens is 276 g/mol. The summed E-state index contributed by atoms with van der Waals surface area (Å²) in [6.07, 6.45) is 0.851. The molecule has 7 nitrogen and oxygen atoms in total. The fourth-order valence-electron chi connectivity index (χ4n) is 3.94. The maximum atomic E-state index is 12.0. The Morgan fingerprint density at radius 1 is 1.33 bits per heavy atom. The number of hydrogen-bond acceptors (Lipinski definition) is 5. The van der Waals surface area contributed by atoms with Crippen LogP contribution in [0.25, 0.3) is 0 Å². The van der Waals surface area contributed by atoms with Gasteiger partial charge in [0, 0.05) is 17.2 Å². The number of aliphatic hydroxyl groups excluding tert-OH is 3. The summed E-state index contributed by atoms with van der Waals surface area (Å²) >= 11 is 0. The molecule has 5 atom stereocenters. The van der Waals surface area contributed by atoms with Crippen molar-refractivity contribution in [3.05, 3.63) is 32.6 Å². The van der Waals surface area contributed by atoms with E-state index < -0.39 is 41.0 Å². The lowest BCUT2D eigenvalue weighted by atomic mass is 9.80. The van der Waals surface area contributed by atoms with Crippen LogP contribution >= 0.6 is 0 Å². The molecule has 2 aliphatic rings. The summed E-state index contributed by atoms with van der Waals surface area (Å²) < 4.78 is 1.27. The summed E-state index contributed by atoms with van der Waals surface area (Å²) in [5, 5.41) is 30.9. The highest BCUT2D eigenvalue weighted by atomic mass is 16.3. The fourth-order valence-corrected chi connectivity index (χ4v) is 3.94. The van der Waals surface area contributed by atoms with Crippen LogP contribution in [0.3, 0.4) is 0 Å². The smallest absolute Gasteiger partial charge is 0.328 e. The number of aryl methyl sites for hydroxylation is 1. The van der Waals surface area contributed by atoms with E-state index in [9.17, 15) is 24.9 Å². The van der Waals surface area contributed by atoms with Crippen molar-refractivity contribution in [1.29, 1.82) is 0 Å². The van der Waals surface area contributed by atoms with Crippen molar-refractivity contribution in [3.8, 4) is 0 Å². The van der Waals surface area contributed by atoms with Gasteiger partial charge in [-0.05, 0) is 26.2 Å². The van der Waals surface area contributed by atoms with Crippen molar-refractivity contribution in [2.75, 3.05) is 0 Å². The maximum Gasteiger partial charge on any atom is 0.328 e. The predicted molar refractivity (Wildman–Crippen MR) is 74.0 cm³/mol. The van der Waals surface area contributed by atoms with Crippen molar-refractivity contribution in [2.24, 2.45) is 5.41 Å². The zero-order valence-electron chi connectivity index (χ0n) is 11.8. The van der Waals surface area contributed by atoms with E-state index in [0.29, 0.717) is 24.8 Å². The number of hydrogen-bond donors (Lipinski definition) is 4. The Balaban J connectivity index is 2.03. The van der Waals surface area contributed by atoms with E-state index in [2.05, 4.69) is 4.98 Å². The van der Waals surface area contributed by atoms with Crippen molar-refractivity contribution >= 4 is 0 Å². The Morgan fingerprint density at radius 2 is 2.05 bits per heavy atom. The number of aliphatic hydroxyl groups is 3. The third kappa shape index (κ3) is 1.99. The van der Waals surface area contributed by atoms with Crippen molar-refractivity contribution in [1.82, 2.24) is 9.55 Å². The zero-order chi connectivity index (χ0) is 15.4. The molecule has 7 heteroatoms. The molecular formula is C14H20N2O5. The van der Waals surface area contributed by atoms with Gasteiger partial charge < -0.3 is 15.3 Å². The second-order valence-electron chi connectivity index (χ2n) is 6.33. The third-order valence-corrected chi connectivity index (χ3v) is 5.18. The molecule has 0 unspecified atom stereocenters. The van der Waals surface area contributed by atoms with E-state index in [4.69, 9.17) is 0 Å². The summed E-state index contributed by atoms with van der Waals surface area (Å²) in [6, 6.07) is -0.643. The van der Waals surface area contributed by atoms with Gasteiger partial charge in [-0.15, -0.1) is 0 Å². The molecule has 0 aromatic carbocycles. The summed E-state index contributed by atoms with van der Waals surface area (Å²) in [4.78, 5) is 25.6. The molecule has 1 heterocycles. The van der Waals surface area contributed by atoms with Crippen LogP contribution in [0.4, 0.5) is 0 Å². The lowest BCUT2D eigenvalue weighted by Gasteiger charge is -2.31. The Bertz CT molecular complexity index is 666. The summed E-state index contributed by atoms with van der Waals surface area (Å²) in [7, 11) is 0. The van der Waals surface area contributed by atoms with Crippen molar-refractivity contribution < 1.29 is 15.3 Å². The first-order valence-corrected chi connectivity index (χ1v) is 7.23. The van der Waals surface area contributed by atoms with E-state index >= 15 is 0 Å². The molecule has 0 aliphatic heterocycles. The number of nitrogens with zero attached hydrogens (tertiary/aromatic N) is 1. The number of rotatable bonds is 1. The van der Waals surface area contributed by atoms with Gasteiger partial charge in [0.2, 0.25) is 0 Å². The van der Waals surface area contributed by atoms with E-state index in [1.807, 2.05) is 0 Å². The fraction of sp³-hybridized carbons (Fsp3) is 0.714. The SMILES string of the molecule is Cc1cn([C@@H]2C[C@@]3(CCC[C@H]3O)[C@@H](O)[C@H]2O)c(=O)[nH]c1=O. The Kier molecular flexibility index (Phi) is 3.31. The highest BCUT2D eigenvalue weighted by molar-refractivity contribution is 5.11. The van der Waals surface area contributed by atoms with Crippen LogP contribution in [-0.2, 0) is 0 Å². The summed E-state index contributed by atoms with van der Waals surface area (Å²) in [5.74, 6) is 0. The van der Waals surface area contributed by atoms with Gasteiger partial charge in [0.25, 0.3) is 5.56 Å². The lowest BCUT2D eigenvalue weighted by Crippen LogP contribution is -2.42. The quantitative estimate of drug-likeness (QED) is 0.533. The van der Waals surface area contributed by atoms with Crippen LogP contribution in [0.2, 0.25) is 0 Å². The molecule has 4 N–H and O–H groups in total. The van der Waals surface area contributed by atoms with Crippen molar-refractivity contribution in [3.63, 3.8) is 0 Å². The van der Waals surface area contributed by atoms with E-state index in [1.54, 1.807) is 6.92 Å². The van der Waals surface area contributed by atoms with Crippen LogP contribution in [0.1, 0.15) is 37.3 Å². The molecule has 0 amide bonds. The second-order valence-corrected chi connectivity index (χ2v) is 6.33. The van der Waals surface area contributed by atoms with Gasteiger partial charge in [0.05, 0.1) is 18.2 Å². The summed E-state index contributed by atoms with van der Waals surface area (Å²) in [5.41, 5.74) is -1.45. The van der Waals surface area contributed by atoms with E-state index in [0.717, 1.165) is 6.42 Å². The molecule has 3 rings (SSSR count). The van der Waals surface area contributed by atoms with Gasteiger partial charge in [-0.25, -0.2) is 4.79 Å². The zero-order valence-corrected chi connectivity index (χ0v) is 11.8. The van der Waals surface area contributed by atoms with Gasteiger partial charge in [0.15, 0.2) is 0 Å². The van der Waals surface area contributed by atoms with Crippen LogP contribution < -0.4 is 11.2 Å². The van der Waals surface area contributed by atoms with Gasteiger partial charge in [-0.1, -0.05) is 6.42 Å². The molecule has 1 aromatic heterocycles. The largest absolute Gasteiger partial charge is 0.392 e. The van der Waals surface area contributed by atoms with Gasteiger partial charge in [-0.2, -0.15) is 0 Å². The number of nitrogens with one attached hydrogen (secondary N) is 1. The topological polar surface area (TPSA) is 116 Å². The molecule has 0 radical (unpaired) electrons. The van der Waals surface area contributed by atoms with Crippen LogP contribution in [-0.4, -0.2) is 43.2 Å². The maximum absolute atomic E-state index is 12.0. The molecule has 2 aliphatic carbocycles. The molecule has 0 bridgehead atoms. The second kappa shape index (κ2) is 4.79. The highest BCUT2D eigenvalue weighted by Gasteiger charge is 2.58. The number of aromatic amines is 1. The van der Waals surface area contributed by atoms with Crippen LogP contribution in [0.5, 0.6) is 0 Å². The molecule has 1 aromatic rings. The first-order valence-electron chi connectivity index (χ1n) is 7.23. The molecule has 0 saturated heterocycles. The minimum atomic E-state index is -1.14. The van der Waals surface area contributed by atoms with Crippen LogP contribution in [0, 0.1) is 12.3 Å². The Hall–Kier alpha value is -1.44. The minimum Gasteiger partial charge on any atom is -0.392 e. The number of aromatic nitrogens is 2.